The van der Waals surface area contributed by atoms with Gasteiger partial charge in [-0.1, -0.05) is 33.4 Å². The van der Waals surface area contributed by atoms with Crippen LogP contribution < -0.4 is 4.74 Å². The molecule has 5 heteroatoms. The molecule has 0 spiro atoms. The first kappa shape index (κ1) is 21.4. The van der Waals surface area contributed by atoms with E-state index in [0.717, 1.165) is 12.0 Å². The fourth-order valence-corrected chi connectivity index (χ4v) is 4.00. The van der Waals surface area contributed by atoms with Crippen molar-refractivity contribution in [2.24, 2.45) is 0 Å². The summed E-state index contributed by atoms with van der Waals surface area (Å²) in [5.41, 5.74) is 1.86. The monoisotopic (exact) mass is 406 g/mol. The number of hydrogen-bond acceptors (Lipinski definition) is 1. The van der Waals surface area contributed by atoms with Crippen LogP contribution in [-0.4, -0.2) is 0 Å². The predicted octanol–water partition coefficient (Wildman–Crippen LogP) is 7.89. The topological polar surface area (TPSA) is 9.23 Å². The van der Waals surface area contributed by atoms with Crippen molar-refractivity contribution in [2.45, 2.75) is 64.7 Å². The molecule has 29 heavy (non-hydrogen) atoms. The molecular formula is C24H26F4O. The Kier molecular flexibility index (Phi) is 6.35. The maximum Gasteiger partial charge on any atom is 0.201 e. The molecule has 1 aromatic rings. The van der Waals surface area contributed by atoms with E-state index in [0.29, 0.717) is 36.8 Å². The Hall–Kier alpha value is -2.30. The Morgan fingerprint density at radius 1 is 1.21 bits per heavy atom. The minimum absolute atomic E-state index is 0.0718. The van der Waals surface area contributed by atoms with E-state index < -0.39 is 23.4 Å². The minimum Gasteiger partial charge on any atom is -0.450 e. The van der Waals surface area contributed by atoms with Gasteiger partial charge in [-0.2, -0.15) is 4.39 Å². The summed E-state index contributed by atoms with van der Waals surface area (Å²) in [6.07, 6.45) is 3.21. The molecule has 0 amide bonds. The van der Waals surface area contributed by atoms with E-state index in [-0.39, 0.29) is 41.3 Å². The number of fused-ring (bicyclic) bond motifs is 1. The van der Waals surface area contributed by atoms with E-state index in [1.54, 1.807) is 6.92 Å². The molecule has 1 heterocycles. The largest absolute Gasteiger partial charge is 0.450 e. The van der Waals surface area contributed by atoms with E-state index in [9.17, 15) is 17.6 Å². The Morgan fingerprint density at radius 3 is 2.55 bits per heavy atom. The smallest absolute Gasteiger partial charge is 0.201 e. The summed E-state index contributed by atoms with van der Waals surface area (Å²) in [5, 5.41) is 0. The highest BCUT2D eigenvalue weighted by Gasteiger charge is 2.32. The molecule has 156 valence electrons. The summed E-state index contributed by atoms with van der Waals surface area (Å²) in [7, 11) is 0. The second-order valence-corrected chi connectivity index (χ2v) is 7.76. The highest BCUT2D eigenvalue weighted by atomic mass is 19.2. The van der Waals surface area contributed by atoms with Gasteiger partial charge in [-0.25, -0.2) is 13.2 Å². The summed E-state index contributed by atoms with van der Waals surface area (Å²) >= 11 is 0. The third-order valence-electron chi connectivity index (χ3n) is 5.73. The molecule has 0 N–H and O–H groups in total. The van der Waals surface area contributed by atoms with Crippen LogP contribution >= 0.6 is 0 Å². The van der Waals surface area contributed by atoms with Crippen LogP contribution in [0, 0.1) is 11.6 Å². The summed E-state index contributed by atoms with van der Waals surface area (Å²) in [5.74, 6) is -4.10. The molecule has 0 saturated carbocycles. The van der Waals surface area contributed by atoms with Crippen molar-refractivity contribution < 1.29 is 22.3 Å². The van der Waals surface area contributed by atoms with Crippen LogP contribution in [0.3, 0.4) is 0 Å². The molecule has 0 fully saturated rings. The number of halogens is 4. The van der Waals surface area contributed by atoms with Crippen molar-refractivity contribution in [3.63, 3.8) is 0 Å². The van der Waals surface area contributed by atoms with Gasteiger partial charge in [0.2, 0.25) is 5.82 Å². The van der Waals surface area contributed by atoms with Gasteiger partial charge in [0.1, 0.15) is 0 Å². The normalized spacial score (nSPS) is 21.0. The van der Waals surface area contributed by atoms with Crippen molar-refractivity contribution in [3.8, 4) is 5.75 Å². The highest BCUT2D eigenvalue weighted by molar-refractivity contribution is 5.52. The van der Waals surface area contributed by atoms with Gasteiger partial charge >= 0.3 is 0 Å². The van der Waals surface area contributed by atoms with E-state index >= 15 is 0 Å². The van der Waals surface area contributed by atoms with E-state index in [1.165, 1.54) is 6.07 Å². The highest BCUT2D eigenvalue weighted by Crippen LogP contribution is 2.44. The average Bonchev–Trinajstić information content (AvgIpc) is 2.71. The Balaban J connectivity index is 1.97. The standard InChI is InChI=1S/C24H26F4O/c1-5-7-15-8-9-16(12-19(15)25)18-11-17-10-14(4)23(20(26)13(3)6-2)29-24(17)22(28)21(18)27/h11,16H,3-10,12H2,1-2H3/b23-20-. The van der Waals surface area contributed by atoms with Crippen LogP contribution in [0.4, 0.5) is 17.6 Å². The van der Waals surface area contributed by atoms with Crippen molar-refractivity contribution in [1.82, 2.24) is 0 Å². The zero-order valence-electron chi connectivity index (χ0n) is 16.9. The Labute approximate surface area is 169 Å². The maximum atomic E-state index is 14.9. The number of hydrogen-bond donors (Lipinski definition) is 0. The van der Waals surface area contributed by atoms with Crippen LogP contribution in [0.15, 0.2) is 53.4 Å². The quantitative estimate of drug-likeness (QED) is 0.452. The fourth-order valence-electron chi connectivity index (χ4n) is 4.00. The molecule has 0 radical (unpaired) electrons. The SMILES string of the molecule is C=C(CC)/C(F)=C1/Oc2c(cc(C3CCC(CCC)=C(F)C3)c(F)c2F)CC1=C. The molecular weight excluding hydrogens is 380 g/mol. The minimum atomic E-state index is -1.17. The third kappa shape index (κ3) is 4.05. The van der Waals surface area contributed by atoms with Gasteiger partial charge in [0.05, 0.1) is 5.83 Å². The lowest BCUT2D eigenvalue weighted by molar-refractivity contribution is 0.350. The lowest BCUT2D eigenvalue weighted by Crippen LogP contribution is -2.17. The van der Waals surface area contributed by atoms with Gasteiger partial charge in [-0.3, -0.25) is 0 Å². The summed E-state index contributed by atoms with van der Waals surface area (Å²) < 4.78 is 64.0. The van der Waals surface area contributed by atoms with E-state index in [1.807, 2.05) is 6.92 Å². The first-order chi connectivity index (χ1) is 13.8. The van der Waals surface area contributed by atoms with Crippen molar-refractivity contribution >= 4 is 0 Å². The first-order valence-electron chi connectivity index (χ1n) is 10.1. The van der Waals surface area contributed by atoms with Crippen LogP contribution in [0.1, 0.15) is 69.4 Å². The number of ether oxygens (including phenoxy) is 1. The number of rotatable bonds is 5. The maximum absolute atomic E-state index is 14.9. The third-order valence-corrected chi connectivity index (χ3v) is 5.73. The lowest BCUT2D eigenvalue weighted by Gasteiger charge is -2.28. The second kappa shape index (κ2) is 8.60. The molecule has 1 aromatic carbocycles. The van der Waals surface area contributed by atoms with Gasteiger partial charge in [0.25, 0.3) is 0 Å². The molecule has 0 aromatic heterocycles. The van der Waals surface area contributed by atoms with Crippen molar-refractivity contribution in [1.29, 1.82) is 0 Å². The van der Waals surface area contributed by atoms with Crippen LogP contribution in [-0.2, 0) is 6.42 Å². The van der Waals surface area contributed by atoms with Crippen LogP contribution in [0.5, 0.6) is 5.75 Å². The summed E-state index contributed by atoms with van der Waals surface area (Å²) in [6, 6.07) is 1.52. The molecule has 3 rings (SSSR count). The molecule has 1 aliphatic heterocycles. The zero-order chi connectivity index (χ0) is 21.3. The first-order valence-corrected chi connectivity index (χ1v) is 10.1. The van der Waals surface area contributed by atoms with Crippen molar-refractivity contribution in [2.75, 3.05) is 0 Å². The lowest BCUT2D eigenvalue weighted by atomic mass is 9.81. The van der Waals surface area contributed by atoms with Crippen LogP contribution in [0.2, 0.25) is 0 Å². The van der Waals surface area contributed by atoms with Crippen molar-refractivity contribution in [3.05, 3.63) is 76.1 Å². The molecule has 1 unspecified atom stereocenters. The molecule has 0 bridgehead atoms. The number of benzene rings is 1. The van der Waals surface area contributed by atoms with Gasteiger partial charge in [-0.05, 0) is 60.0 Å². The Morgan fingerprint density at radius 2 is 1.93 bits per heavy atom. The number of allylic oxidation sites excluding steroid dienone is 5. The summed E-state index contributed by atoms with van der Waals surface area (Å²) in [4.78, 5) is 0. The Bertz CT molecular complexity index is 923. The van der Waals surface area contributed by atoms with Gasteiger partial charge in [0.15, 0.2) is 23.2 Å². The van der Waals surface area contributed by atoms with E-state index in [4.69, 9.17) is 4.74 Å². The van der Waals surface area contributed by atoms with Gasteiger partial charge in [-0.15, -0.1) is 0 Å². The van der Waals surface area contributed by atoms with E-state index in [2.05, 4.69) is 13.2 Å². The predicted molar refractivity (Wildman–Crippen MR) is 107 cm³/mol. The molecule has 0 saturated heterocycles. The van der Waals surface area contributed by atoms with Gasteiger partial charge < -0.3 is 4.74 Å². The zero-order valence-corrected chi connectivity index (χ0v) is 16.9. The van der Waals surface area contributed by atoms with Crippen LogP contribution in [0.25, 0.3) is 0 Å². The molecule has 1 aliphatic carbocycles. The summed E-state index contributed by atoms with van der Waals surface area (Å²) in [6.45, 7) is 11.2. The van der Waals surface area contributed by atoms with Gasteiger partial charge in [0, 0.05) is 18.4 Å². The second-order valence-electron chi connectivity index (χ2n) is 7.76. The molecule has 1 nitrogen and oxygen atoms in total. The fraction of sp³-hybridized carbons (Fsp3) is 0.417. The molecule has 2 aliphatic rings. The molecule has 1 atom stereocenters. The average molecular weight is 406 g/mol.